The molecule has 2 heteroatoms. The molecule has 0 radical (unpaired) electrons. The lowest BCUT2D eigenvalue weighted by molar-refractivity contribution is 0.306. The van der Waals surface area contributed by atoms with Crippen molar-refractivity contribution in [1.29, 1.82) is 0 Å². The number of rotatable bonds is 5. The van der Waals surface area contributed by atoms with Crippen molar-refractivity contribution in [1.82, 2.24) is 0 Å². The second-order valence-corrected chi connectivity index (χ2v) is 7.79. The largest absolute Gasteiger partial charge is 0.489 e. The molecular formula is C27H33NO. The van der Waals surface area contributed by atoms with Crippen LogP contribution in [0.15, 0.2) is 72.8 Å². The van der Waals surface area contributed by atoms with E-state index in [-0.39, 0.29) is 0 Å². The summed E-state index contributed by atoms with van der Waals surface area (Å²) in [6.07, 6.45) is 4.64. The molecule has 2 N–H and O–H groups in total. The minimum absolute atomic E-state index is 0.579. The summed E-state index contributed by atoms with van der Waals surface area (Å²) in [5.41, 5.74) is 12.4. The first-order valence-electron chi connectivity index (χ1n) is 10.8. The van der Waals surface area contributed by atoms with Gasteiger partial charge in [-0.3, -0.25) is 0 Å². The van der Waals surface area contributed by atoms with Gasteiger partial charge in [0.05, 0.1) is 0 Å². The number of hydrogen-bond acceptors (Lipinski definition) is 2. The van der Waals surface area contributed by atoms with Crippen LogP contribution in [0.3, 0.4) is 0 Å². The maximum atomic E-state index is 6.15. The van der Waals surface area contributed by atoms with Crippen LogP contribution >= 0.6 is 0 Å². The zero-order chi connectivity index (χ0) is 20.5. The molecule has 1 aliphatic carbocycles. The van der Waals surface area contributed by atoms with Crippen molar-refractivity contribution < 1.29 is 4.74 Å². The molecule has 152 valence electrons. The molecule has 2 nitrogen and oxygen atoms in total. The minimum Gasteiger partial charge on any atom is -0.489 e. The van der Waals surface area contributed by atoms with Gasteiger partial charge in [0.2, 0.25) is 0 Å². The van der Waals surface area contributed by atoms with Gasteiger partial charge in [0.15, 0.2) is 0 Å². The van der Waals surface area contributed by atoms with Crippen molar-refractivity contribution in [3.8, 4) is 16.9 Å². The van der Waals surface area contributed by atoms with E-state index >= 15 is 0 Å². The van der Waals surface area contributed by atoms with Crippen molar-refractivity contribution in [2.45, 2.75) is 46.1 Å². The summed E-state index contributed by atoms with van der Waals surface area (Å²) in [5, 5.41) is 0. The van der Waals surface area contributed by atoms with Crippen molar-refractivity contribution in [3.63, 3.8) is 0 Å². The van der Waals surface area contributed by atoms with Gasteiger partial charge in [0.25, 0.3) is 0 Å². The Morgan fingerprint density at radius 1 is 0.897 bits per heavy atom. The van der Waals surface area contributed by atoms with Crippen molar-refractivity contribution in [3.05, 3.63) is 89.5 Å². The minimum atomic E-state index is 0.579. The maximum Gasteiger partial charge on any atom is 0.120 e. The van der Waals surface area contributed by atoms with E-state index in [1.807, 2.05) is 6.07 Å². The molecule has 0 heterocycles. The van der Waals surface area contributed by atoms with Crippen molar-refractivity contribution in [2.24, 2.45) is 11.7 Å². The third-order valence-corrected chi connectivity index (χ3v) is 5.34. The smallest absolute Gasteiger partial charge is 0.120 e. The van der Waals surface area contributed by atoms with Crippen LogP contribution in [0.2, 0.25) is 0 Å². The molecule has 0 fully saturated rings. The number of aryl methyl sites for hydroxylation is 1. The van der Waals surface area contributed by atoms with E-state index in [1.54, 1.807) is 0 Å². The Bertz CT molecular complexity index is 888. The molecule has 1 aliphatic rings. The van der Waals surface area contributed by atoms with E-state index in [0.717, 1.165) is 25.1 Å². The summed E-state index contributed by atoms with van der Waals surface area (Å²) < 4.78 is 6.15. The highest BCUT2D eigenvalue weighted by atomic mass is 16.5. The number of ether oxygens (including phenoxy) is 1. The molecule has 3 aromatic carbocycles. The molecule has 1 atom stereocenters. The van der Waals surface area contributed by atoms with Crippen LogP contribution in [0, 0.1) is 5.92 Å². The average Bonchev–Trinajstić information content (AvgIpc) is 2.78. The van der Waals surface area contributed by atoms with Crippen molar-refractivity contribution >= 4 is 0 Å². The predicted octanol–water partition coefficient (Wildman–Crippen LogP) is 6.41. The topological polar surface area (TPSA) is 35.2 Å². The Morgan fingerprint density at radius 3 is 2.38 bits per heavy atom. The van der Waals surface area contributed by atoms with Crippen LogP contribution in [-0.4, -0.2) is 6.54 Å². The van der Waals surface area contributed by atoms with Crippen LogP contribution < -0.4 is 10.5 Å². The summed E-state index contributed by atoms with van der Waals surface area (Å²) in [5.74, 6) is 1.59. The van der Waals surface area contributed by atoms with Crippen LogP contribution in [-0.2, 0) is 19.4 Å². The van der Waals surface area contributed by atoms with E-state index in [1.165, 1.54) is 40.7 Å². The fraction of sp³-hybridized carbons (Fsp3) is 0.333. The lowest BCUT2D eigenvalue weighted by Crippen LogP contribution is -2.22. The zero-order valence-corrected chi connectivity index (χ0v) is 17.7. The molecule has 0 spiro atoms. The highest BCUT2D eigenvalue weighted by molar-refractivity contribution is 5.67. The Morgan fingerprint density at radius 2 is 1.62 bits per heavy atom. The third kappa shape index (κ3) is 5.71. The highest BCUT2D eigenvalue weighted by Gasteiger charge is 2.18. The maximum absolute atomic E-state index is 6.15. The number of benzene rings is 3. The third-order valence-electron chi connectivity index (χ3n) is 5.34. The Kier molecular flexibility index (Phi) is 7.89. The van der Waals surface area contributed by atoms with Crippen LogP contribution in [0.1, 0.15) is 43.4 Å². The molecule has 29 heavy (non-hydrogen) atoms. The first-order valence-corrected chi connectivity index (χ1v) is 10.8. The molecule has 1 unspecified atom stereocenters. The van der Waals surface area contributed by atoms with Gasteiger partial charge < -0.3 is 10.5 Å². The number of nitrogens with two attached hydrogens (primary N) is 1. The first-order chi connectivity index (χ1) is 14.2. The quantitative estimate of drug-likeness (QED) is 0.549. The van der Waals surface area contributed by atoms with E-state index in [4.69, 9.17) is 10.5 Å². The lowest BCUT2D eigenvalue weighted by atomic mass is 9.84. The van der Waals surface area contributed by atoms with E-state index in [9.17, 15) is 0 Å². The first kappa shape index (κ1) is 21.1. The predicted molar refractivity (Wildman–Crippen MR) is 123 cm³/mol. The summed E-state index contributed by atoms with van der Waals surface area (Å²) in [6, 6.07) is 25.5. The SMILES string of the molecule is CCC.NCC1CCc2cc(OCc3ccccc3-c3ccccc3)ccc2C1. The van der Waals surface area contributed by atoms with Gasteiger partial charge >= 0.3 is 0 Å². The lowest BCUT2D eigenvalue weighted by Gasteiger charge is -2.24. The van der Waals surface area contributed by atoms with Crippen molar-refractivity contribution in [2.75, 3.05) is 6.54 Å². The summed E-state index contributed by atoms with van der Waals surface area (Å²) in [6.45, 7) is 5.61. The molecular weight excluding hydrogens is 354 g/mol. The molecule has 0 saturated carbocycles. The summed E-state index contributed by atoms with van der Waals surface area (Å²) >= 11 is 0. The highest BCUT2D eigenvalue weighted by Crippen LogP contribution is 2.29. The van der Waals surface area contributed by atoms with E-state index in [0.29, 0.717) is 12.5 Å². The van der Waals surface area contributed by atoms with Gasteiger partial charge in [-0.25, -0.2) is 0 Å². The normalized spacial score (nSPS) is 15.1. The Labute approximate surface area is 175 Å². The molecule has 3 aromatic rings. The van der Waals surface area contributed by atoms with E-state index in [2.05, 4.69) is 80.6 Å². The molecule has 0 saturated heterocycles. The Balaban J connectivity index is 0.000000755. The standard InChI is InChI=1S/C24H25NO.C3H8/c25-16-18-10-11-21-15-23(13-12-20(21)14-18)26-17-22-8-4-5-9-24(22)19-6-2-1-3-7-19;1-3-2/h1-9,12-13,15,18H,10-11,14,16-17,25H2;3H2,1-2H3. The van der Waals surface area contributed by atoms with Crippen LogP contribution in [0.5, 0.6) is 5.75 Å². The second kappa shape index (κ2) is 10.8. The van der Waals surface area contributed by atoms with Gasteiger partial charge in [-0.2, -0.15) is 0 Å². The van der Waals surface area contributed by atoms with Gasteiger partial charge in [-0.15, -0.1) is 0 Å². The van der Waals surface area contributed by atoms with Crippen LogP contribution in [0.4, 0.5) is 0 Å². The van der Waals surface area contributed by atoms with Gasteiger partial charge in [-0.1, -0.05) is 80.9 Å². The van der Waals surface area contributed by atoms with Gasteiger partial charge in [0.1, 0.15) is 12.4 Å². The zero-order valence-electron chi connectivity index (χ0n) is 17.7. The average molecular weight is 388 g/mol. The molecule has 0 aromatic heterocycles. The van der Waals surface area contributed by atoms with E-state index < -0.39 is 0 Å². The number of hydrogen-bond donors (Lipinski definition) is 1. The molecule has 4 rings (SSSR count). The second-order valence-electron chi connectivity index (χ2n) is 7.79. The summed E-state index contributed by atoms with van der Waals surface area (Å²) in [4.78, 5) is 0. The molecule has 0 amide bonds. The number of fused-ring (bicyclic) bond motifs is 1. The monoisotopic (exact) mass is 387 g/mol. The van der Waals surface area contributed by atoms with Gasteiger partial charge in [0, 0.05) is 0 Å². The summed E-state index contributed by atoms with van der Waals surface area (Å²) in [7, 11) is 0. The van der Waals surface area contributed by atoms with Crippen LogP contribution in [0.25, 0.3) is 11.1 Å². The fourth-order valence-electron chi connectivity index (χ4n) is 3.80. The fourth-order valence-corrected chi connectivity index (χ4v) is 3.80. The van der Waals surface area contributed by atoms with Gasteiger partial charge in [-0.05, 0) is 71.7 Å². The molecule has 0 aliphatic heterocycles. The Hall–Kier alpha value is -2.58. The molecule has 0 bridgehead atoms.